The maximum Gasteiger partial charge on any atom is 0.338 e. The van der Waals surface area contributed by atoms with Crippen molar-refractivity contribution in [2.24, 2.45) is 0 Å². The van der Waals surface area contributed by atoms with Gasteiger partial charge in [0.15, 0.2) is 12.4 Å². The minimum Gasteiger partial charge on any atom is -0.491 e. The predicted molar refractivity (Wildman–Crippen MR) is 116 cm³/mol. The standard InChI is InChI=1S/C24H29NO5/c1-4-5-6-7-23(27)25-20-12-8-18(9-13-20)22(26)16-29-24(28)19-10-14-21(15-11-19)30-17(2)3/h8-15,17H,4-7,16H2,1-3H3,(H,25,27). The number of rotatable bonds is 11. The lowest BCUT2D eigenvalue weighted by atomic mass is 10.1. The molecule has 0 heterocycles. The van der Waals surface area contributed by atoms with Crippen LogP contribution in [-0.4, -0.2) is 30.4 Å². The van der Waals surface area contributed by atoms with Crippen LogP contribution in [0.25, 0.3) is 0 Å². The van der Waals surface area contributed by atoms with E-state index in [-0.39, 0.29) is 24.4 Å². The molecular weight excluding hydrogens is 382 g/mol. The fourth-order valence-corrected chi connectivity index (χ4v) is 2.74. The highest BCUT2D eigenvalue weighted by molar-refractivity contribution is 6.00. The van der Waals surface area contributed by atoms with Crippen LogP contribution in [-0.2, 0) is 9.53 Å². The molecule has 2 rings (SSSR count). The van der Waals surface area contributed by atoms with Crippen molar-refractivity contribution < 1.29 is 23.9 Å². The van der Waals surface area contributed by atoms with Crippen molar-refractivity contribution in [3.8, 4) is 5.75 Å². The van der Waals surface area contributed by atoms with E-state index in [1.54, 1.807) is 48.5 Å². The van der Waals surface area contributed by atoms with Gasteiger partial charge in [0.25, 0.3) is 0 Å². The number of ketones is 1. The number of hydrogen-bond acceptors (Lipinski definition) is 5. The third-order valence-electron chi connectivity index (χ3n) is 4.29. The first-order valence-corrected chi connectivity index (χ1v) is 10.3. The van der Waals surface area contributed by atoms with Gasteiger partial charge in [-0.3, -0.25) is 9.59 Å². The molecule has 0 aliphatic rings. The fourth-order valence-electron chi connectivity index (χ4n) is 2.74. The Hall–Kier alpha value is -3.15. The van der Waals surface area contributed by atoms with E-state index in [2.05, 4.69) is 12.2 Å². The molecule has 0 aromatic heterocycles. The second-order valence-corrected chi connectivity index (χ2v) is 7.27. The molecule has 160 valence electrons. The highest BCUT2D eigenvalue weighted by Gasteiger charge is 2.13. The zero-order valence-electron chi connectivity index (χ0n) is 17.8. The van der Waals surface area contributed by atoms with E-state index in [1.807, 2.05) is 13.8 Å². The van der Waals surface area contributed by atoms with E-state index in [4.69, 9.17) is 9.47 Å². The van der Waals surface area contributed by atoms with Gasteiger partial charge in [0.05, 0.1) is 11.7 Å². The summed E-state index contributed by atoms with van der Waals surface area (Å²) in [5.41, 5.74) is 1.39. The molecule has 0 aliphatic heterocycles. The Morgan fingerprint density at radius 2 is 1.53 bits per heavy atom. The SMILES string of the molecule is CCCCCC(=O)Nc1ccc(C(=O)COC(=O)c2ccc(OC(C)C)cc2)cc1. The van der Waals surface area contributed by atoms with Crippen LogP contribution < -0.4 is 10.1 Å². The zero-order chi connectivity index (χ0) is 21.9. The van der Waals surface area contributed by atoms with Crippen molar-refractivity contribution in [1.29, 1.82) is 0 Å². The Labute approximate surface area is 177 Å². The van der Waals surface area contributed by atoms with Crippen LogP contribution in [0.3, 0.4) is 0 Å². The number of unbranched alkanes of at least 4 members (excludes halogenated alkanes) is 2. The van der Waals surface area contributed by atoms with Gasteiger partial charge in [0, 0.05) is 17.7 Å². The summed E-state index contributed by atoms with van der Waals surface area (Å²) < 4.78 is 10.6. The minimum atomic E-state index is -0.574. The largest absolute Gasteiger partial charge is 0.491 e. The first-order chi connectivity index (χ1) is 14.4. The summed E-state index contributed by atoms with van der Waals surface area (Å²) in [5, 5.41) is 2.81. The molecule has 2 aromatic rings. The second kappa shape index (κ2) is 11.8. The van der Waals surface area contributed by atoms with Crippen molar-refractivity contribution in [2.45, 2.75) is 52.6 Å². The molecule has 0 saturated carbocycles. The molecule has 2 aromatic carbocycles. The Bertz CT molecular complexity index is 841. The van der Waals surface area contributed by atoms with E-state index in [0.29, 0.717) is 29.0 Å². The number of carbonyl (C=O) groups is 3. The van der Waals surface area contributed by atoms with Crippen LogP contribution in [0.1, 0.15) is 67.2 Å². The molecule has 1 amide bonds. The van der Waals surface area contributed by atoms with Crippen LogP contribution in [0.4, 0.5) is 5.69 Å². The highest BCUT2D eigenvalue weighted by atomic mass is 16.5. The molecule has 0 unspecified atom stereocenters. The molecule has 6 nitrogen and oxygen atoms in total. The molecular formula is C24H29NO5. The summed E-state index contributed by atoms with van der Waals surface area (Å²) >= 11 is 0. The van der Waals surface area contributed by atoms with Gasteiger partial charge in [-0.2, -0.15) is 0 Å². The smallest absolute Gasteiger partial charge is 0.338 e. The van der Waals surface area contributed by atoms with E-state index in [9.17, 15) is 14.4 Å². The normalized spacial score (nSPS) is 10.5. The van der Waals surface area contributed by atoms with E-state index in [1.165, 1.54) is 0 Å². The number of benzene rings is 2. The minimum absolute atomic E-state index is 0.0405. The van der Waals surface area contributed by atoms with Gasteiger partial charge in [-0.25, -0.2) is 4.79 Å². The van der Waals surface area contributed by atoms with Gasteiger partial charge < -0.3 is 14.8 Å². The van der Waals surface area contributed by atoms with Gasteiger partial charge in [0.2, 0.25) is 5.91 Å². The first-order valence-electron chi connectivity index (χ1n) is 10.3. The van der Waals surface area contributed by atoms with E-state index < -0.39 is 5.97 Å². The Morgan fingerprint density at radius 1 is 0.900 bits per heavy atom. The molecule has 0 bridgehead atoms. The summed E-state index contributed by atoms with van der Waals surface area (Å²) in [7, 11) is 0. The summed E-state index contributed by atoms with van der Waals surface area (Å²) in [6.45, 7) is 5.57. The summed E-state index contributed by atoms with van der Waals surface area (Å²) in [5.74, 6) is -0.268. The third-order valence-corrected chi connectivity index (χ3v) is 4.29. The van der Waals surface area contributed by atoms with Gasteiger partial charge in [-0.15, -0.1) is 0 Å². The average molecular weight is 411 g/mol. The molecule has 0 radical (unpaired) electrons. The number of anilines is 1. The van der Waals surface area contributed by atoms with Crippen LogP contribution in [0.15, 0.2) is 48.5 Å². The molecule has 0 fully saturated rings. The summed E-state index contributed by atoms with van der Waals surface area (Å²) in [6, 6.07) is 13.1. The topological polar surface area (TPSA) is 81.7 Å². The summed E-state index contributed by atoms with van der Waals surface area (Å²) in [4.78, 5) is 36.3. The lowest BCUT2D eigenvalue weighted by Gasteiger charge is -2.10. The number of hydrogen-bond donors (Lipinski definition) is 1. The number of ether oxygens (including phenoxy) is 2. The second-order valence-electron chi connectivity index (χ2n) is 7.27. The summed E-state index contributed by atoms with van der Waals surface area (Å²) in [6.07, 6.45) is 3.47. The Balaban J connectivity index is 1.82. The highest BCUT2D eigenvalue weighted by Crippen LogP contribution is 2.15. The number of nitrogens with one attached hydrogen (secondary N) is 1. The maximum absolute atomic E-state index is 12.3. The Kier molecular flexibility index (Phi) is 9.06. The zero-order valence-corrected chi connectivity index (χ0v) is 17.8. The third kappa shape index (κ3) is 7.70. The monoisotopic (exact) mass is 411 g/mol. The van der Waals surface area contributed by atoms with Crippen molar-refractivity contribution in [1.82, 2.24) is 0 Å². The molecule has 6 heteroatoms. The van der Waals surface area contributed by atoms with Crippen LogP contribution in [0.5, 0.6) is 5.75 Å². The van der Waals surface area contributed by atoms with E-state index in [0.717, 1.165) is 19.3 Å². The first kappa shape index (κ1) is 23.1. The van der Waals surface area contributed by atoms with Gasteiger partial charge in [0.1, 0.15) is 5.75 Å². The van der Waals surface area contributed by atoms with Gasteiger partial charge in [-0.05, 0) is 68.8 Å². The number of carbonyl (C=O) groups excluding carboxylic acids is 3. The van der Waals surface area contributed by atoms with Crippen molar-refractivity contribution >= 4 is 23.3 Å². The number of esters is 1. The molecule has 0 aliphatic carbocycles. The van der Waals surface area contributed by atoms with Crippen LogP contribution in [0.2, 0.25) is 0 Å². The van der Waals surface area contributed by atoms with Crippen molar-refractivity contribution in [2.75, 3.05) is 11.9 Å². The van der Waals surface area contributed by atoms with Crippen LogP contribution >= 0.6 is 0 Å². The molecule has 0 saturated heterocycles. The van der Waals surface area contributed by atoms with Crippen LogP contribution in [0, 0.1) is 0 Å². The van der Waals surface area contributed by atoms with E-state index >= 15 is 0 Å². The maximum atomic E-state index is 12.3. The number of Topliss-reactive ketones (excluding diaryl/α,β-unsaturated/α-hetero) is 1. The molecule has 0 atom stereocenters. The predicted octanol–water partition coefficient (Wildman–Crippen LogP) is 5.03. The molecule has 1 N–H and O–H groups in total. The van der Waals surface area contributed by atoms with Crippen molar-refractivity contribution in [3.63, 3.8) is 0 Å². The van der Waals surface area contributed by atoms with Gasteiger partial charge >= 0.3 is 5.97 Å². The average Bonchev–Trinajstić information content (AvgIpc) is 2.72. The quantitative estimate of drug-likeness (QED) is 0.318. The molecule has 30 heavy (non-hydrogen) atoms. The molecule has 0 spiro atoms. The lowest BCUT2D eigenvalue weighted by Crippen LogP contribution is -2.15. The number of amides is 1. The Morgan fingerprint density at radius 3 is 2.13 bits per heavy atom. The van der Waals surface area contributed by atoms with Gasteiger partial charge in [-0.1, -0.05) is 19.8 Å². The van der Waals surface area contributed by atoms with Crippen molar-refractivity contribution in [3.05, 3.63) is 59.7 Å². The fraction of sp³-hybridized carbons (Fsp3) is 0.375. The lowest BCUT2D eigenvalue weighted by molar-refractivity contribution is -0.116.